The highest BCUT2D eigenvalue weighted by Crippen LogP contribution is 2.75. The fraction of sp³-hybridized carbons (Fsp3) is 1.00. The van der Waals surface area contributed by atoms with E-state index in [1.54, 1.807) is 0 Å². The van der Waals surface area contributed by atoms with Gasteiger partial charge in [0.05, 0.1) is 0 Å². The molecule has 4 fully saturated rings. The summed E-state index contributed by atoms with van der Waals surface area (Å²) in [7, 11) is 1.24. The van der Waals surface area contributed by atoms with Crippen LogP contribution in [0.2, 0.25) is 0 Å². The van der Waals surface area contributed by atoms with Gasteiger partial charge in [0, 0.05) is 0 Å². The first-order chi connectivity index (χ1) is 6.24. The average molecular weight is 210 g/mol. The topological polar surface area (TPSA) is 0 Å². The minimum atomic E-state index is 0.694. The second-order valence-corrected chi connectivity index (χ2v) is 10.4. The summed E-state index contributed by atoms with van der Waals surface area (Å²) in [6.45, 7) is 10.3. The van der Waals surface area contributed by atoms with E-state index in [-0.39, 0.29) is 0 Å². The van der Waals surface area contributed by atoms with Crippen molar-refractivity contribution in [3.63, 3.8) is 0 Å². The first-order valence-electron chi connectivity index (χ1n) is 6.04. The van der Waals surface area contributed by atoms with Gasteiger partial charge in [-0.05, 0) is 53.2 Å². The van der Waals surface area contributed by atoms with Crippen LogP contribution in [0, 0.1) is 10.8 Å². The summed E-state index contributed by atoms with van der Waals surface area (Å²) in [5.41, 5.74) is 1.39. The molecule has 0 amide bonds. The minimum absolute atomic E-state index is 0.694. The molecule has 2 heterocycles. The third kappa shape index (κ3) is 1.22. The van der Waals surface area contributed by atoms with Crippen molar-refractivity contribution in [2.24, 2.45) is 10.8 Å². The zero-order valence-corrected chi connectivity index (χ0v) is 11.0. The lowest BCUT2D eigenvalue weighted by Crippen LogP contribution is -2.59. The lowest BCUT2D eigenvalue weighted by Gasteiger charge is -2.68. The van der Waals surface area contributed by atoms with Crippen LogP contribution in [0.1, 0.15) is 59.8 Å². The first kappa shape index (κ1) is 9.64. The van der Waals surface area contributed by atoms with Gasteiger partial charge in [0.2, 0.25) is 0 Å². The van der Waals surface area contributed by atoms with Gasteiger partial charge in [0.25, 0.3) is 0 Å². The summed E-state index contributed by atoms with van der Waals surface area (Å²) in [5.74, 6) is 0. The molecule has 0 radical (unpaired) electrons. The normalized spacial score (nSPS) is 67.7. The van der Waals surface area contributed by atoms with Gasteiger partial charge < -0.3 is 0 Å². The monoisotopic (exact) mass is 210 g/mol. The van der Waals surface area contributed by atoms with E-state index in [0.29, 0.717) is 21.1 Å². The van der Waals surface area contributed by atoms with Crippen molar-refractivity contribution in [2.75, 3.05) is 0 Å². The summed E-state index contributed by atoms with van der Waals surface area (Å²) in [4.78, 5) is 0. The standard InChI is InChI=1S/C13H23P/c1-10-5-11(2)8-12(3,6-10)14-13(4,7-10)9-11/h14H,5-9H2,1-4H3. The second-order valence-electron chi connectivity index (χ2n) is 7.75. The molecule has 14 heavy (non-hydrogen) atoms. The van der Waals surface area contributed by atoms with Crippen LogP contribution in [0.3, 0.4) is 0 Å². The summed E-state index contributed by atoms with van der Waals surface area (Å²) in [5, 5.41) is 1.43. The van der Waals surface area contributed by atoms with Crippen LogP contribution < -0.4 is 0 Å². The molecule has 4 aliphatic rings. The van der Waals surface area contributed by atoms with Gasteiger partial charge in [0.15, 0.2) is 0 Å². The molecule has 0 spiro atoms. The maximum absolute atomic E-state index is 2.57. The minimum Gasteiger partial charge on any atom is -0.110 e. The molecule has 2 aliphatic heterocycles. The number of hydrogen-bond acceptors (Lipinski definition) is 0. The molecule has 1 heteroatoms. The lowest BCUT2D eigenvalue weighted by molar-refractivity contribution is -0.0260. The molecule has 0 atom stereocenters. The van der Waals surface area contributed by atoms with Crippen LogP contribution in [0.15, 0.2) is 0 Å². The van der Waals surface area contributed by atoms with Crippen molar-refractivity contribution in [3.05, 3.63) is 0 Å². The van der Waals surface area contributed by atoms with E-state index in [1.165, 1.54) is 40.7 Å². The summed E-state index contributed by atoms with van der Waals surface area (Å²) in [6, 6.07) is 0. The van der Waals surface area contributed by atoms with E-state index < -0.39 is 0 Å². The Balaban J connectivity index is 2.08. The van der Waals surface area contributed by atoms with Crippen LogP contribution in [0.5, 0.6) is 0 Å². The molecular formula is C13H23P. The number of rotatable bonds is 0. The van der Waals surface area contributed by atoms with Gasteiger partial charge in [0.1, 0.15) is 0 Å². The fourth-order valence-corrected chi connectivity index (χ4v) is 9.72. The zero-order valence-electron chi connectivity index (χ0n) is 10.0. The number of hydrogen-bond donors (Lipinski definition) is 0. The molecule has 80 valence electrons. The van der Waals surface area contributed by atoms with Gasteiger partial charge in [-0.15, -0.1) is 8.58 Å². The highest BCUT2D eigenvalue weighted by Gasteiger charge is 2.62. The van der Waals surface area contributed by atoms with E-state index in [0.717, 1.165) is 0 Å². The van der Waals surface area contributed by atoms with Crippen molar-refractivity contribution >= 4 is 8.58 Å². The van der Waals surface area contributed by atoms with Gasteiger partial charge >= 0.3 is 0 Å². The van der Waals surface area contributed by atoms with Crippen LogP contribution >= 0.6 is 8.58 Å². The van der Waals surface area contributed by atoms with Gasteiger partial charge in [-0.1, -0.05) is 27.7 Å². The van der Waals surface area contributed by atoms with E-state index in [2.05, 4.69) is 27.7 Å². The molecule has 4 bridgehead atoms. The molecule has 0 unspecified atom stereocenters. The molecular weight excluding hydrogens is 187 g/mol. The van der Waals surface area contributed by atoms with E-state index in [9.17, 15) is 0 Å². The van der Waals surface area contributed by atoms with Crippen LogP contribution in [-0.4, -0.2) is 10.3 Å². The second kappa shape index (κ2) is 2.24. The van der Waals surface area contributed by atoms with Crippen molar-refractivity contribution in [3.8, 4) is 0 Å². The molecule has 2 aliphatic carbocycles. The molecule has 2 saturated carbocycles. The Morgan fingerprint density at radius 1 is 0.643 bits per heavy atom. The smallest absolute Gasteiger partial charge is 0.0135 e. The van der Waals surface area contributed by atoms with Gasteiger partial charge in [-0.3, -0.25) is 0 Å². The molecule has 0 N–H and O–H groups in total. The average Bonchev–Trinajstić information content (AvgIpc) is 1.67. The highest BCUT2D eigenvalue weighted by atomic mass is 31.1. The van der Waals surface area contributed by atoms with Crippen molar-refractivity contribution in [1.82, 2.24) is 0 Å². The predicted molar refractivity (Wildman–Crippen MR) is 64.4 cm³/mol. The Hall–Kier alpha value is 0.430. The summed E-state index contributed by atoms with van der Waals surface area (Å²) in [6.07, 6.45) is 7.58. The zero-order chi connectivity index (χ0) is 10.2. The SMILES string of the molecule is CC12CC3(C)CC(C)(C1)PC(C)(C2)C3. The molecule has 4 rings (SSSR count). The van der Waals surface area contributed by atoms with Crippen LogP contribution in [0.25, 0.3) is 0 Å². The predicted octanol–water partition coefficient (Wildman–Crippen LogP) is 4.19. The summed E-state index contributed by atoms with van der Waals surface area (Å²) < 4.78 is 0. The van der Waals surface area contributed by atoms with Crippen molar-refractivity contribution < 1.29 is 0 Å². The highest BCUT2D eigenvalue weighted by molar-refractivity contribution is 7.42. The Morgan fingerprint density at radius 2 is 1.00 bits per heavy atom. The Morgan fingerprint density at radius 3 is 1.29 bits per heavy atom. The van der Waals surface area contributed by atoms with Crippen molar-refractivity contribution in [2.45, 2.75) is 70.1 Å². The molecule has 0 aromatic carbocycles. The van der Waals surface area contributed by atoms with E-state index >= 15 is 0 Å². The van der Waals surface area contributed by atoms with E-state index in [4.69, 9.17) is 0 Å². The quantitative estimate of drug-likeness (QED) is 0.526. The van der Waals surface area contributed by atoms with E-state index in [1.807, 2.05) is 0 Å². The molecule has 0 aromatic heterocycles. The molecule has 0 aromatic rings. The van der Waals surface area contributed by atoms with Crippen LogP contribution in [0.4, 0.5) is 0 Å². The maximum Gasteiger partial charge on any atom is -0.0135 e. The Labute approximate surface area is 90.0 Å². The molecule has 2 saturated heterocycles. The summed E-state index contributed by atoms with van der Waals surface area (Å²) >= 11 is 0. The first-order valence-corrected chi connectivity index (χ1v) is 7.04. The lowest BCUT2D eigenvalue weighted by atomic mass is 9.50. The third-order valence-electron chi connectivity index (χ3n) is 4.72. The largest absolute Gasteiger partial charge is 0.110 e. The van der Waals surface area contributed by atoms with Gasteiger partial charge in [-0.25, -0.2) is 0 Å². The molecule has 0 nitrogen and oxygen atoms in total. The maximum atomic E-state index is 2.57. The third-order valence-corrected chi connectivity index (χ3v) is 6.64. The fourth-order valence-electron chi connectivity index (χ4n) is 6.20. The van der Waals surface area contributed by atoms with Gasteiger partial charge in [-0.2, -0.15) is 0 Å². The van der Waals surface area contributed by atoms with Crippen LogP contribution in [-0.2, 0) is 0 Å². The van der Waals surface area contributed by atoms with Crippen molar-refractivity contribution in [1.29, 1.82) is 0 Å². The Kier molecular flexibility index (Phi) is 1.54. The Bertz CT molecular complexity index is 198.